The molecule has 0 amide bonds. The van der Waals surface area contributed by atoms with Crippen molar-refractivity contribution in [3.8, 4) is 0 Å². The largest absolute Gasteiger partial charge is 0.460 e. The van der Waals surface area contributed by atoms with E-state index in [2.05, 4.69) is 25.8 Å². The first-order chi connectivity index (χ1) is 11.8. The predicted molar refractivity (Wildman–Crippen MR) is 95.8 cm³/mol. The van der Waals surface area contributed by atoms with Crippen molar-refractivity contribution < 1.29 is 19.1 Å². The maximum absolute atomic E-state index is 12.1. The van der Waals surface area contributed by atoms with Crippen LogP contribution in [-0.4, -0.2) is 29.6 Å². The number of hydrogen-bond donors (Lipinski definition) is 0. The molecule has 0 spiro atoms. The van der Waals surface area contributed by atoms with Gasteiger partial charge in [-0.2, -0.15) is 0 Å². The van der Waals surface area contributed by atoms with Gasteiger partial charge in [0.15, 0.2) is 6.61 Å². The van der Waals surface area contributed by atoms with Gasteiger partial charge in [0.2, 0.25) is 0 Å². The highest BCUT2D eigenvalue weighted by molar-refractivity contribution is 6.41. The van der Waals surface area contributed by atoms with E-state index in [0.29, 0.717) is 17.8 Å². The maximum atomic E-state index is 12.1. The van der Waals surface area contributed by atoms with Crippen LogP contribution in [0.2, 0.25) is 10.2 Å². The highest BCUT2D eigenvalue weighted by Gasteiger charge is 2.33. The molecule has 3 atom stereocenters. The van der Waals surface area contributed by atoms with Crippen LogP contribution in [0, 0.1) is 17.8 Å². The minimum Gasteiger partial charge on any atom is -0.460 e. The van der Waals surface area contributed by atoms with E-state index >= 15 is 0 Å². The summed E-state index contributed by atoms with van der Waals surface area (Å²) in [4.78, 5) is 27.8. The Kier molecular flexibility index (Phi) is 7.08. The number of aromatic nitrogens is 1. The second-order valence-electron chi connectivity index (χ2n) is 6.93. The van der Waals surface area contributed by atoms with Gasteiger partial charge in [0.25, 0.3) is 0 Å². The topological polar surface area (TPSA) is 65.5 Å². The molecule has 5 nitrogen and oxygen atoms in total. The summed E-state index contributed by atoms with van der Waals surface area (Å²) >= 11 is 11.5. The Hall–Kier alpha value is -1.33. The number of rotatable bonds is 5. The fourth-order valence-electron chi connectivity index (χ4n) is 3.19. The number of halogens is 2. The standard InChI is InChI=1S/C18H23Cl2NO4/c1-10(2)13-5-4-11(3)6-15(13)25-16(22)9-24-18(23)12-7-14(19)17(20)21-8-12/h7-8,10-11,13,15H,4-6,9H2,1-3H3/t11-,13-,15+/m1/s1. The lowest BCUT2D eigenvalue weighted by molar-refractivity contribution is -0.159. The van der Waals surface area contributed by atoms with Crippen molar-refractivity contribution in [3.63, 3.8) is 0 Å². The Morgan fingerprint density at radius 2 is 2.04 bits per heavy atom. The first-order valence-corrected chi connectivity index (χ1v) is 9.21. The molecule has 0 saturated heterocycles. The van der Waals surface area contributed by atoms with Gasteiger partial charge in [-0.1, -0.05) is 50.4 Å². The first-order valence-electron chi connectivity index (χ1n) is 8.45. The Labute approximate surface area is 158 Å². The van der Waals surface area contributed by atoms with Crippen LogP contribution in [0.1, 0.15) is 50.4 Å². The van der Waals surface area contributed by atoms with Crippen molar-refractivity contribution in [1.82, 2.24) is 4.98 Å². The molecule has 25 heavy (non-hydrogen) atoms. The molecule has 0 aliphatic heterocycles. The molecule has 1 aromatic rings. The van der Waals surface area contributed by atoms with Gasteiger partial charge in [0.05, 0.1) is 10.6 Å². The molecule has 7 heteroatoms. The van der Waals surface area contributed by atoms with E-state index in [9.17, 15) is 9.59 Å². The molecule has 0 aromatic carbocycles. The zero-order valence-electron chi connectivity index (χ0n) is 14.6. The van der Waals surface area contributed by atoms with Crippen molar-refractivity contribution >= 4 is 35.1 Å². The average Bonchev–Trinajstić information content (AvgIpc) is 2.55. The fraction of sp³-hybridized carbons (Fsp3) is 0.611. The van der Waals surface area contributed by atoms with Gasteiger partial charge in [0.1, 0.15) is 11.3 Å². The van der Waals surface area contributed by atoms with Gasteiger partial charge < -0.3 is 9.47 Å². The lowest BCUT2D eigenvalue weighted by Crippen LogP contribution is -2.36. The molecule has 2 rings (SSSR count). The molecule has 1 aliphatic carbocycles. The number of carbonyl (C=O) groups is 2. The number of ether oxygens (including phenoxy) is 2. The molecule has 0 N–H and O–H groups in total. The number of nitrogens with zero attached hydrogens (tertiary/aromatic N) is 1. The third-order valence-corrected chi connectivity index (χ3v) is 5.28. The third kappa shape index (κ3) is 5.58. The van der Waals surface area contributed by atoms with Crippen LogP contribution in [0.15, 0.2) is 12.3 Å². The summed E-state index contributed by atoms with van der Waals surface area (Å²) in [5.41, 5.74) is 0.133. The Bertz CT molecular complexity index is 636. The van der Waals surface area contributed by atoms with Crippen molar-refractivity contribution in [2.45, 2.75) is 46.1 Å². The van der Waals surface area contributed by atoms with E-state index in [1.807, 2.05) is 0 Å². The third-order valence-electron chi connectivity index (χ3n) is 4.60. The Morgan fingerprint density at radius 3 is 2.68 bits per heavy atom. The lowest BCUT2D eigenvalue weighted by Gasteiger charge is -2.36. The average molecular weight is 388 g/mol. The number of hydrogen-bond acceptors (Lipinski definition) is 5. The van der Waals surface area contributed by atoms with Crippen molar-refractivity contribution in [2.24, 2.45) is 17.8 Å². The van der Waals surface area contributed by atoms with Gasteiger partial charge >= 0.3 is 11.9 Å². The van der Waals surface area contributed by atoms with Crippen LogP contribution in [0.3, 0.4) is 0 Å². The summed E-state index contributed by atoms with van der Waals surface area (Å²) in [5.74, 6) is 0.0782. The minimum absolute atomic E-state index is 0.101. The van der Waals surface area contributed by atoms with Crippen LogP contribution in [0.4, 0.5) is 0 Å². The molecule has 1 saturated carbocycles. The number of pyridine rings is 1. The summed E-state index contributed by atoms with van der Waals surface area (Å²) in [6.07, 6.45) is 4.17. The normalized spacial score (nSPS) is 23.4. The van der Waals surface area contributed by atoms with E-state index in [4.69, 9.17) is 32.7 Å². The minimum atomic E-state index is -0.694. The van der Waals surface area contributed by atoms with Crippen molar-refractivity contribution in [2.75, 3.05) is 6.61 Å². The zero-order valence-corrected chi connectivity index (χ0v) is 16.1. The Morgan fingerprint density at radius 1 is 1.32 bits per heavy atom. The SMILES string of the molecule is CC(C)[C@H]1CC[C@@H](C)C[C@@H]1OC(=O)COC(=O)c1cnc(Cl)c(Cl)c1. The van der Waals surface area contributed by atoms with Gasteiger partial charge in [-0.15, -0.1) is 0 Å². The monoisotopic (exact) mass is 387 g/mol. The first kappa shape index (κ1) is 20.0. The quantitative estimate of drug-likeness (QED) is 0.547. The smallest absolute Gasteiger partial charge is 0.344 e. The fourth-order valence-corrected chi connectivity index (χ4v) is 3.46. The van der Waals surface area contributed by atoms with E-state index in [0.717, 1.165) is 19.3 Å². The van der Waals surface area contributed by atoms with Crippen LogP contribution in [-0.2, 0) is 14.3 Å². The van der Waals surface area contributed by atoms with Crippen molar-refractivity contribution in [3.05, 3.63) is 28.0 Å². The second kappa shape index (κ2) is 8.86. The molecule has 0 bridgehead atoms. The summed E-state index contributed by atoms with van der Waals surface area (Å²) in [7, 11) is 0. The molecule has 1 heterocycles. The predicted octanol–water partition coefficient (Wildman–Crippen LogP) is 4.55. The maximum Gasteiger partial charge on any atom is 0.344 e. The van der Waals surface area contributed by atoms with E-state index in [-0.39, 0.29) is 21.8 Å². The number of carbonyl (C=O) groups excluding carboxylic acids is 2. The molecule has 0 unspecified atom stereocenters. The van der Waals surface area contributed by atoms with E-state index in [1.165, 1.54) is 12.3 Å². The van der Waals surface area contributed by atoms with Crippen LogP contribution >= 0.6 is 23.2 Å². The molecule has 1 aliphatic rings. The van der Waals surface area contributed by atoms with Crippen LogP contribution in [0.5, 0.6) is 0 Å². The summed E-state index contributed by atoms with van der Waals surface area (Å²) < 4.78 is 10.6. The van der Waals surface area contributed by atoms with Crippen LogP contribution < -0.4 is 0 Å². The lowest BCUT2D eigenvalue weighted by atomic mass is 9.75. The number of esters is 2. The van der Waals surface area contributed by atoms with E-state index < -0.39 is 18.5 Å². The van der Waals surface area contributed by atoms with Gasteiger partial charge in [-0.3, -0.25) is 0 Å². The van der Waals surface area contributed by atoms with Crippen LogP contribution in [0.25, 0.3) is 0 Å². The highest BCUT2D eigenvalue weighted by atomic mass is 35.5. The second-order valence-corrected chi connectivity index (χ2v) is 7.69. The molecule has 1 fully saturated rings. The molecule has 1 aromatic heterocycles. The summed E-state index contributed by atoms with van der Waals surface area (Å²) in [6, 6.07) is 1.35. The summed E-state index contributed by atoms with van der Waals surface area (Å²) in [6.45, 7) is 6.00. The summed E-state index contributed by atoms with van der Waals surface area (Å²) in [5, 5.41) is 0.249. The Balaban J connectivity index is 1.88. The molecule has 138 valence electrons. The molecular formula is C18H23Cl2NO4. The van der Waals surface area contributed by atoms with Gasteiger partial charge in [-0.05, 0) is 36.7 Å². The van der Waals surface area contributed by atoms with Crippen molar-refractivity contribution in [1.29, 1.82) is 0 Å². The van der Waals surface area contributed by atoms with Gasteiger partial charge in [-0.25, -0.2) is 14.6 Å². The molecule has 0 radical (unpaired) electrons. The van der Waals surface area contributed by atoms with Gasteiger partial charge in [0, 0.05) is 6.20 Å². The highest BCUT2D eigenvalue weighted by Crippen LogP contribution is 2.35. The van der Waals surface area contributed by atoms with E-state index in [1.54, 1.807) is 0 Å². The molecular weight excluding hydrogens is 365 g/mol. The zero-order chi connectivity index (χ0) is 18.6.